The summed E-state index contributed by atoms with van der Waals surface area (Å²) in [6.45, 7) is 2.10. The standard InChI is InChI=1S/C11H12FN3/c1-8-14-4-5-15(8)10-2-3-11(12)9(6-10)7-13/h2-6H,7,13H2,1H3. The molecule has 3 nitrogen and oxygen atoms in total. The zero-order valence-corrected chi connectivity index (χ0v) is 8.44. The zero-order valence-electron chi connectivity index (χ0n) is 8.44. The van der Waals surface area contributed by atoms with Crippen LogP contribution in [0, 0.1) is 12.7 Å². The first-order valence-corrected chi connectivity index (χ1v) is 4.71. The monoisotopic (exact) mass is 205 g/mol. The predicted molar refractivity (Wildman–Crippen MR) is 56.2 cm³/mol. The average Bonchev–Trinajstić information content (AvgIpc) is 2.65. The van der Waals surface area contributed by atoms with Gasteiger partial charge >= 0.3 is 0 Å². The van der Waals surface area contributed by atoms with Crippen LogP contribution in [0.25, 0.3) is 5.69 Å². The lowest BCUT2D eigenvalue weighted by atomic mass is 10.2. The van der Waals surface area contributed by atoms with Crippen molar-refractivity contribution < 1.29 is 4.39 Å². The van der Waals surface area contributed by atoms with Gasteiger partial charge in [0.15, 0.2) is 0 Å². The summed E-state index contributed by atoms with van der Waals surface area (Å²) < 4.78 is 15.1. The van der Waals surface area contributed by atoms with E-state index in [2.05, 4.69) is 4.98 Å². The number of benzene rings is 1. The highest BCUT2D eigenvalue weighted by Gasteiger charge is 2.04. The van der Waals surface area contributed by atoms with Gasteiger partial charge in [-0.1, -0.05) is 0 Å². The lowest BCUT2D eigenvalue weighted by molar-refractivity contribution is 0.610. The summed E-state index contributed by atoms with van der Waals surface area (Å²) in [5.41, 5.74) is 6.84. The SMILES string of the molecule is Cc1nccn1-c1ccc(F)c(CN)c1. The Morgan fingerprint density at radius 3 is 2.87 bits per heavy atom. The Kier molecular flexibility index (Phi) is 2.51. The van der Waals surface area contributed by atoms with Gasteiger partial charge in [0.25, 0.3) is 0 Å². The van der Waals surface area contributed by atoms with Crippen LogP contribution in [0.2, 0.25) is 0 Å². The van der Waals surface area contributed by atoms with Gasteiger partial charge in [0, 0.05) is 30.2 Å². The fourth-order valence-electron chi connectivity index (χ4n) is 1.52. The third-order valence-corrected chi connectivity index (χ3v) is 2.35. The van der Waals surface area contributed by atoms with Crippen LogP contribution in [0.5, 0.6) is 0 Å². The molecule has 0 bridgehead atoms. The fourth-order valence-corrected chi connectivity index (χ4v) is 1.52. The van der Waals surface area contributed by atoms with Crippen molar-refractivity contribution in [2.24, 2.45) is 5.73 Å². The van der Waals surface area contributed by atoms with Gasteiger partial charge < -0.3 is 10.3 Å². The van der Waals surface area contributed by atoms with Crippen molar-refractivity contribution in [3.63, 3.8) is 0 Å². The smallest absolute Gasteiger partial charge is 0.127 e. The van der Waals surface area contributed by atoms with E-state index in [1.807, 2.05) is 17.7 Å². The van der Waals surface area contributed by atoms with Crippen LogP contribution in [0.4, 0.5) is 4.39 Å². The first-order chi connectivity index (χ1) is 7.22. The third-order valence-electron chi connectivity index (χ3n) is 2.35. The molecule has 1 aromatic carbocycles. The van der Waals surface area contributed by atoms with Crippen LogP contribution in [-0.4, -0.2) is 9.55 Å². The molecule has 2 rings (SSSR count). The maximum absolute atomic E-state index is 13.2. The molecular weight excluding hydrogens is 193 g/mol. The van der Waals surface area contributed by atoms with Gasteiger partial charge in [-0.2, -0.15) is 0 Å². The number of nitrogens with zero attached hydrogens (tertiary/aromatic N) is 2. The second-order valence-corrected chi connectivity index (χ2v) is 3.32. The summed E-state index contributed by atoms with van der Waals surface area (Å²) in [5.74, 6) is 0.601. The molecule has 2 aromatic rings. The molecule has 0 fully saturated rings. The molecule has 0 radical (unpaired) electrons. The van der Waals surface area contributed by atoms with Crippen LogP contribution in [-0.2, 0) is 6.54 Å². The Morgan fingerprint density at radius 2 is 2.27 bits per heavy atom. The lowest BCUT2D eigenvalue weighted by Gasteiger charge is -2.07. The van der Waals surface area contributed by atoms with Crippen molar-refractivity contribution in [1.82, 2.24) is 9.55 Å². The highest BCUT2D eigenvalue weighted by atomic mass is 19.1. The number of hydrogen-bond donors (Lipinski definition) is 1. The predicted octanol–water partition coefficient (Wildman–Crippen LogP) is 1.78. The van der Waals surface area contributed by atoms with Crippen molar-refractivity contribution in [2.45, 2.75) is 13.5 Å². The van der Waals surface area contributed by atoms with Gasteiger partial charge in [-0.15, -0.1) is 0 Å². The Balaban J connectivity index is 2.51. The number of imidazole rings is 1. The van der Waals surface area contributed by atoms with Crippen LogP contribution in [0.1, 0.15) is 11.4 Å². The van der Waals surface area contributed by atoms with E-state index in [0.717, 1.165) is 11.5 Å². The highest BCUT2D eigenvalue weighted by molar-refractivity contribution is 5.37. The first-order valence-electron chi connectivity index (χ1n) is 4.71. The molecule has 0 unspecified atom stereocenters. The van der Waals surface area contributed by atoms with Crippen LogP contribution >= 0.6 is 0 Å². The minimum absolute atomic E-state index is 0.202. The molecule has 78 valence electrons. The van der Waals surface area contributed by atoms with Gasteiger partial charge in [-0.05, 0) is 25.1 Å². The molecular formula is C11H12FN3. The van der Waals surface area contributed by atoms with Gasteiger partial charge in [0.1, 0.15) is 11.6 Å². The second kappa shape index (κ2) is 3.82. The van der Waals surface area contributed by atoms with Crippen LogP contribution in [0.3, 0.4) is 0 Å². The quantitative estimate of drug-likeness (QED) is 0.812. The molecule has 0 atom stereocenters. The minimum Gasteiger partial charge on any atom is -0.326 e. The van der Waals surface area contributed by atoms with Crippen LogP contribution in [0.15, 0.2) is 30.6 Å². The maximum Gasteiger partial charge on any atom is 0.127 e. The molecule has 0 aliphatic carbocycles. The average molecular weight is 205 g/mol. The largest absolute Gasteiger partial charge is 0.326 e. The second-order valence-electron chi connectivity index (χ2n) is 3.32. The van der Waals surface area contributed by atoms with E-state index in [0.29, 0.717) is 5.56 Å². The maximum atomic E-state index is 13.2. The van der Waals surface area contributed by atoms with Gasteiger partial charge in [-0.3, -0.25) is 0 Å². The zero-order chi connectivity index (χ0) is 10.8. The summed E-state index contributed by atoms with van der Waals surface area (Å²) in [6.07, 6.45) is 3.55. The molecule has 0 amide bonds. The number of nitrogens with two attached hydrogens (primary N) is 1. The van der Waals surface area contributed by atoms with E-state index in [9.17, 15) is 4.39 Å². The van der Waals surface area contributed by atoms with Crippen molar-refractivity contribution in [2.75, 3.05) is 0 Å². The Morgan fingerprint density at radius 1 is 1.47 bits per heavy atom. The molecule has 1 heterocycles. The summed E-state index contributed by atoms with van der Waals surface area (Å²) in [7, 11) is 0. The molecule has 0 saturated carbocycles. The molecule has 0 saturated heterocycles. The normalized spacial score (nSPS) is 10.6. The molecule has 4 heteroatoms. The minimum atomic E-state index is -0.265. The highest BCUT2D eigenvalue weighted by Crippen LogP contribution is 2.15. The van der Waals surface area contributed by atoms with E-state index in [4.69, 9.17) is 5.73 Å². The Labute approximate surface area is 87.4 Å². The Hall–Kier alpha value is -1.68. The van der Waals surface area contributed by atoms with Crippen LogP contribution < -0.4 is 5.73 Å². The lowest BCUT2D eigenvalue weighted by Crippen LogP contribution is -2.03. The van der Waals surface area contributed by atoms with E-state index in [-0.39, 0.29) is 12.4 Å². The van der Waals surface area contributed by atoms with Crippen molar-refractivity contribution >= 4 is 0 Å². The molecule has 2 N–H and O–H groups in total. The molecule has 0 aliphatic heterocycles. The van der Waals surface area contributed by atoms with Gasteiger partial charge in [-0.25, -0.2) is 9.37 Å². The van der Waals surface area contributed by atoms with E-state index >= 15 is 0 Å². The number of aryl methyl sites for hydroxylation is 1. The van der Waals surface area contributed by atoms with Crippen molar-refractivity contribution in [1.29, 1.82) is 0 Å². The molecule has 0 aliphatic rings. The van der Waals surface area contributed by atoms with Gasteiger partial charge in [0.2, 0.25) is 0 Å². The topological polar surface area (TPSA) is 43.8 Å². The fraction of sp³-hybridized carbons (Fsp3) is 0.182. The number of hydrogen-bond acceptors (Lipinski definition) is 2. The number of rotatable bonds is 2. The number of halogens is 1. The summed E-state index contributed by atoms with van der Waals surface area (Å²) in [6, 6.07) is 4.88. The number of aromatic nitrogens is 2. The Bertz CT molecular complexity index is 476. The molecule has 15 heavy (non-hydrogen) atoms. The van der Waals surface area contributed by atoms with E-state index < -0.39 is 0 Å². The van der Waals surface area contributed by atoms with Gasteiger partial charge in [0.05, 0.1) is 0 Å². The summed E-state index contributed by atoms with van der Waals surface area (Å²) in [4.78, 5) is 4.11. The first kappa shape index (κ1) is 9.86. The molecule has 0 spiro atoms. The summed E-state index contributed by atoms with van der Waals surface area (Å²) >= 11 is 0. The van der Waals surface area contributed by atoms with E-state index in [1.165, 1.54) is 6.07 Å². The molecule has 1 aromatic heterocycles. The van der Waals surface area contributed by atoms with E-state index in [1.54, 1.807) is 18.3 Å². The third kappa shape index (κ3) is 1.76. The van der Waals surface area contributed by atoms with Crippen molar-refractivity contribution in [3.05, 3.63) is 47.8 Å². The van der Waals surface area contributed by atoms with Crippen molar-refractivity contribution in [3.8, 4) is 5.69 Å². The summed E-state index contributed by atoms with van der Waals surface area (Å²) in [5, 5.41) is 0.